The minimum atomic E-state index is -0.747. The molecule has 1 aromatic carbocycles. The topological polar surface area (TPSA) is 27.7 Å². The third-order valence-corrected chi connectivity index (χ3v) is 4.19. The Labute approximate surface area is 118 Å². The first-order valence-corrected chi connectivity index (χ1v) is 6.45. The molecular weight excluding hydrogens is 269 g/mol. The number of ether oxygens (including phenoxy) is 1. The molecule has 3 nitrogen and oxygen atoms in total. The Bertz CT molecular complexity index is 489. The highest BCUT2D eigenvalue weighted by molar-refractivity contribution is 6.66. The highest BCUT2D eigenvalue weighted by atomic mass is 35.5. The van der Waals surface area contributed by atoms with Crippen LogP contribution in [0.15, 0.2) is 12.1 Å². The first-order valence-electron chi connectivity index (χ1n) is 6.07. The van der Waals surface area contributed by atoms with E-state index in [9.17, 15) is 4.39 Å². The number of hydrogen-bond donors (Lipinski definition) is 0. The minimum Gasteiger partial charge on any atom is -0.497 e. The van der Waals surface area contributed by atoms with Gasteiger partial charge in [-0.25, -0.2) is 4.39 Å². The monoisotopic (exact) mass is 286 g/mol. The molecule has 2 rings (SSSR count). The molecule has 1 saturated heterocycles. The van der Waals surface area contributed by atoms with Crippen molar-refractivity contribution in [2.45, 2.75) is 38.9 Å². The second-order valence-corrected chi connectivity index (χ2v) is 5.94. The molecule has 104 valence electrons. The van der Waals surface area contributed by atoms with E-state index in [1.165, 1.54) is 19.2 Å². The van der Waals surface area contributed by atoms with E-state index in [1.54, 1.807) is 0 Å². The normalized spacial score (nSPS) is 20.7. The van der Waals surface area contributed by atoms with Gasteiger partial charge in [0.2, 0.25) is 0 Å². The zero-order chi connectivity index (χ0) is 14.4. The van der Waals surface area contributed by atoms with E-state index < -0.39 is 24.1 Å². The van der Waals surface area contributed by atoms with Gasteiger partial charge in [0.05, 0.1) is 23.3 Å². The lowest BCUT2D eigenvalue weighted by atomic mass is 9.78. The lowest BCUT2D eigenvalue weighted by molar-refractivity contribution is 0.00578. The summed E-state index contributed by atoms with van der Waals surface area (Å²) in [6, 6.07) is 2.78. The predicted molar refractivity (Wildman–Crippen MR) is 73.7 cm³/mol. The summed E-state index contributed by atoms with van der Waals surface area (Å²) in [5.74, 6) is -0.0721. The maximum absolute atomic E-state index is 13.6. The van der Waals surface area contributed by atoms with Gasteiger partial charge in [-0.05, 0) is 39.8 Å². The second kappa shape index (κ2) is 4.65. The Kier molecular flexibility index (Phi) is 3.58. The van der Waals surface area contributed by atoms with Crippen LogP contribution in [0.4, 0.5) is 4.39 Å². The summed E-state index contributed by atoms with van der Waals surface area (Å²) in [7, 11) is 0.751. The van der Waals surface area contributed by atoms with Gasteiger partial charge in [0.15, 0.2) is 0 Å². The van der Waals surface area contributed by atoms with Crippen molar-refractivity contribution in [1.82, 2.24) is 0 Å². The van der Waals surface area contributed by atoms with Gasteiger partial charge in [-0.2, -0.15) is 0 Å². The smallest absolute Gasteiger partial charge is 0.497 e. The SMILES string of the molecule is COc1ccc(F)c(Cl)c1B1OC(C)(C)C(C)(C)O1. The summed E-state index contributed by atoms with van der Waals surface area (Å²) in [5, 5.41) is -0.0298. The summed E-state index contributed by atoms with van der Waals surface area (Å²) in [6.45, 7) is 7.69. The second-order valence-electron chi connectivity index (χ2n) is 5.57. The molecule has 0 atom stereocenters. The summed E-state index contributed by atoms with van der Waals surface area (Å²) in [5.41, 5.74) is -0.640. The van der Waals surface area contributed by atoms with E-state index in [4.69, 9.17) is 25.6 Å². The van der Waals surface area contributed by atoms with E-state index in [-0.39, 0.29) is 5.02 Å². The Balaban J connectivity index is 2.47. The van der Waals surface area contributed by atoms with Crippen LogP contribution in [0.25, 0.3) is 0 Å². The van der Waals surface area contributed by atoms with Crippen LogP contribution >= 0.6 is 11.6 Å². The van der Waals surface area contributed by atoms with E-state index in [2.05, 4.69) is 0 Å². The van der Waals surface area contributed by atoms with Crippen LogP contribution in [0.5, 0.6) is 5.75 Å². The lowest BCUT2D eigenvalue weighted by Gasteiger charge is -2.32. The molecule has 6 heteroatoms. The zero-order valence-electron chi connectivity index (χ0n) is 11.7. The number of halogens is 2. The van der Waals surface area contributed by atoms with Crippen molar-refractivity contribution < 1.29 is 18.4 Å². The third-order valence-electron chi connectivity index (χ3n) is 3.80. The molecule has 0 radical (unpaired) electrons. The fourth-order valence-electron chi connectivity index (χ4n) is 1.91. The van der Waals surface area contributed by atoms with Crippen molar-refractivity contribution in [2.75, 3.05) is 7.11 Å². The molecule has 1 fully saturated rings. The van der Waals surface area contributed by atoms with Crippen LogP contribution in [0, 0.1) is 5.82 Å². The van der Waals surface area contributed by atoms with Gasteiger partial charge in [-0.1, -0.05) is 11.6 Å². The molecule has 0 unspecified atom stereocenters. The largest absolute Gasteiger partial charge is 0.500 e. The van der Waals surface area contributed by atoms with Crippen LogP contribution < -0.4 is 10.2 Å². The first kappa shape index (κ1) is 14.6. The third kappa shape index (κ3) is 2.35. The van der Waals surface area contributed by atoms with Gasteiger partial charge in [0.25, 0.3) is 0 Å². The van der Waals surface area contributed by atoms with Gasteiger partial charge in [0.1, 0.15) is 11.6 Å². The van der Waals surface area contributed by atoms with Crippen molar-refractivity contribution in [3.8, 4) is 5.75 Å². The highest BCUT2D eigenvalue weighted by Crippen LogP contribution is 2.38. The zero-order valence-corrected chi connectivity index (χ0v) is 12.5. The number of hydrogen-bond acceptors (Lipinski definition) is 3. The number of rotatable bonds is 2. The van der Waals surface area contributed by atoms with Crippen LogP contribution in [-0.4, -0.2) is 25.4 Å². The highest BCUT2D eigenvalue weighted by Gasteiger charge is 2.53. The Morgan fingerprint density at radius 2 is 1.68 bits per heavy atom. The molecule has 0 saturated carbocycles. The molecule has 19 heavy (non-hydrogen) atoms. The van der Waals surface area contributed by atoms with Crippen LogP contribution in [0.1, 0.15) is 27.7 Å². The van der Waals surface area contributed by atoms with Gasteiger partial charge in [-0.3, -0.25) is 0 Å². The fourth-order valence-corrected chi connectivity index (χ4v) is 2.15. The standard InChI is InChI=1S/C13H17BClFO3/c1-12(2)13(3,4)19-14(18-12)10-9(17-5)7-6-8(16)11(10)15/h6-7H,1-5H3. The van der Waals surface area contributed by atoms with Gasteiger partial charge < -0.3 is 14.0 Å². The average molecular weight is 287 g/mol. The maximum Gasteiger partial charge on any atom is 0.500 e. The van der Waals surface area contributed by atoms with Crippen molar-refractivity contribution in [1.29, 1.82) is 0 Å². The molecule has 0 aromatic heterocycles. The van der Waals surface area contributed by atoms with Gasteiger partial charge in [-0.15, -0.1) is 0 Å². The van der Waals surface area contributed by atoms with E-state index in [0.29, 0.717) is 11.2 Å². The Morgan fingerprint density at radius 1 is 1.16 bits per heavy atom. The van der Waals surface area contributed by atoms with Crippen molar-refractivity contribution in [3.05, 3.63) is 23.0 Å². The van der Waals surface area contributed by atoms with Crippen LogP contribution in [0.2, 0.25) is 5.02 Å². The maximum atomic E-state index is 13.6. The fraction of sp³-hybridized carbons (Fsp3) is 0.538. The van der Waals surface area contributed by atoms with Crippen LogP contribution in [-0.2, 0) is 9.31 Å². The quantitative estimate of drug-likeness (QED) is 0.783. The predicted octanol–water partition coefficient (Wildman–Crippen LogP) is 2.79. The van der Waals surface area contributed by atoms with E-state index in [0.717, 1.165) is 0 Å². The molecule has 1 aromatic rings. The molecular formula is C13H17BClFO3. The average Bonchev–Trinajstić information content (AvgIpc) is 2.51. The van der Waals surface area contributed by atoms with Crippen molar-refractivity contribution in [3.63, 3.8) is 0 Å². The van der Waals surface area contributed by atoms with Crippen LogP contribution in [0.3, 0.4) is 0 Å². The Hall–Kier alpha value is -0.775. The van der Waals surface area contributed by atoms with Gasteiger partial charge >= 0.3 is 7.12 Å². The first-order chi connectivity index (χ1) is 8.69. The molecule has 0 aliphatic carbocycles. The molecule has 1 aliphatic heterocycles. The summed E-state index contributed by atoms with van der Waals surface area (Å²) in [4.78, 5) is 0. The molecule has 0 bridgehead atoms. The van der Waals surface area contributed by atoms with Crippen molar-refractivity contribution >= 4 is 24.2 Å². The number of methoxy groups -OCH3 is 1. The Morgan fingerprint density at radius 3 is 2.16 bits per heavy atom. The summed E-state index contributed by atoms with van der Waals surface area (Å²) in [6.07, 6.45) is 0. The summed E-state index contributed by atoms with van der Waals surface area (Å²) < 4.78 is 30.6. The van der Waals surface area contributed by atoms with E-state index >= 15 is 0 Å². The molecule has 1 heterocycles. The lowest BCUT2D eigenvalue weighted by Crippen LogP contribution is -2.41. The van der Waals surface area contributed by atoms with Gasteiger partial charge in [0, 0.05) is 5.46 Å². The summed E-state index contributed by atoms with van der Waals surface area (Å²) >= 11 is 6.03. The molecule has 0 spiro atoms. The van der Waals surface area contributed by atoms with E-state index in [1.807, 2.05) is 27.7 Å². The molecule has 1 aliphatic rings. The van der Waals surface area contributed by atoms with Crippen molar-refractivity contribution in [2.24, 2.45) is 0 Å². The molecule has 0 N–H and O–H groups in total. The molecule has 0 amide bonds. The number of benzene rings is 1. The minimum absolute atomic E-state index is 0.0298.